The lowest BCUT2D eigenvalue weighted by Gasteiger charge is -2.19. The van der Waals surface area contributed by atoms with E-state index in [1.807, 2.05) is 27.0 Å². The van der Waals surface area contributed by atoms with Crippen molar-refractivity contribution in [2.45, 2.75) is 39.5 Å². The Morgan fingerprint density at radius 3 is 2.67 bits per heavy atom. The molecule has 0 N–H and O–H groups in total. The van der Waals surface area contributed by atoms with Crippen LogP contribution in [-0.2, 0) is 23.4 Å². The number of methoxy groups -OCH3 is 1. The highest BCUT2D eigenvalue weighted by Gasteiger charge is 2.20. The molecule has 98 valence electrons. The molecule has 0 radical (unpaired) electrons. The van der Waals surface area contributed by atoms with Crippen molar-refractivity contribution in [1.82, 2.24) is 35.2 Å². The van der Waals surface area contributed by atoms with E-state index in [1.54, 1.807) is 16.5 Å². The molecule has 2 rings (SSSR count). The van der Waals surface area contributed by atoms with Gasteiger partial charge in [0.15, 0.2) is 5.82 Å². The van der Waals surface area contributed by atoms with Crippen molar-refractivity contribution in [3.8, 4) is 0 Å². The Balaban J connectivity index is 2.16. The van der Waals surface area contributed by atoms with Gasteiger partial charge in [-0.05, 0) is 31.2 Å². The molecule has 2 aromatic heterocycles. The van der Waals surface area contributed by atoms with E-state index in [1.165, 1.54) is 0 Å². The molecule has 0 atom stereocenters. The number of tetrazole rings is 1. The van der Waals surface area contributed by atoms with E-state index < -0.39 is 0 Å². The highest BCUT2D eigenvalue weighted by Crippen LogP contribution is 2.13. The predicted octanol–water partition coefficient (Wildman–Crippen LogP) is 0.214. The Hall–Kier alpha value is -1.83. The minimum Gasteiger partial charge on any atom is -0.378 e. The van der Waals surface area contributed by atoms with Crippen molar-refractivity contribution in [3.05, 3.63) is 17.7 Å². The summed E-state index contributed by atoms with van der Waals surface area (Å²) in [5.41, 5.74) is 0.627. The molecule has 0 unspecified atom stereocenters. The second kappa shape index (κ2) is 4.81. The van der Waals surface area contributed by atoms with Crippen molar-refractivity contribution in [1.29, 1.82) is 0 Å². The zero-order chi connectivity index (χ0) is 13.2. The van der Waals surface area contributed by atoms with Gasteiger partial charge in [-0.15, -0.1) is 10.2 Å². The van der Waals surface area contributed by atoms with Crippen molar-refractivity contribution in [2.75, 3.05) is 7.11 Å². The molecule has 0 fully saturated rings. The number of rotatable bonds is 4. The molecule has 0 spiro atoms. The second-order valence-electron chi connectivity index (χ2n) is 5.02. The van der Waals surface area contributed by atoms with E-state index in [2.05, 4.69) is 25.8 Å². The summed E-state index contributed by atoms with van der Waals surface area (Å²) in [7, 11) is 1.62. The highest BCUT2D eigenvalue weighted by molar-refractivity contribution is 4.93. The van der Waals surface area contributed by atoms with E-state index in [0.717, 1.165) is 11.5 Å². The molecule has 0 aliphatic heterocycles. The summed E-state index contributed by atoms with van der Waals surface area (Å²) in [5, 5.41) is 19.7. The molecule has 0 aromatic carbocycles. The van der Waals surface area contributed by atoms with Crippen LogP contribution in [0, 0.1) is 0 Å². The van der Waals surface area contributed by atoms with Gasteiger partial charge >= 0.3 is 0 Å². The fraction of sp³-hybridized carbons (Fsp3) is 0.700. The highest BCUT2D eigenvalue weighted by atomic mass is 16.5. The van der Waals surface area contributed by atoms with Gasteiger partial charge in [-0.1, -0.05) is 5.21 Å². The van der Waals surface area contributed by atoms with Crippen LogP contribution in [0.1, 0.15) is 32.3 Å². The molecule has 0 aliphatic carbocycles. The van der Waals surface area contributed by atoms with Crippen LogP contribution in [0.3, 0.4) is 0 Å². The van der Waals surface area contributed by atoms with E-state index in [9.17, 15) is 0 Å². The van der Waals surface area contributed by atoms with E-state index in [4.69, 9.17) is 4.74 Å². The average molecular weight is 251 g/mol. The number of hydrogen-bond donors (Lipinski definition) is 0. The molecule has 0 bridgehead atoms. The summed E-state index contributed by atoms with van der Waals surface area (Å²) < 4.78 is 8.47. The van der Waals surface area contributed by atoms with E-state index in [-0.39, 0.29) is 5.54 Å². The minimum absolute atomic E-state index is 0.158. The van der Waals surface area contributed by atoms with Crippen molar-refractivity contribution < 1.29 is 4.74 Å². The lowest BCUT2D eigenvalue weighted by molar-refractivity contribution is 0.181. The first kappa shape index (κ1) is 12.6. The lowest BCUT2D eigenvalue weighted by Crippen LogP contribution is -2.26. The summed E-state index contributed by atoms with van der Waals surface area (Å²) >= 11 is 0. The van der Waals surface area contributed by atoms with Gasteiger partial charge < -0.3 is 4.74 Å². The van der Waals surface area contributed by atoms with Gasteiger partial charge in [0.2, 0.25) is 0 Å². The van der Waals surface area contributed by atoms with Gasteiger partial charge in [0.05, 0.1) is 18.3 Å². The molecular weight excluding hydrogens is 234 g/mol. The standard InChI is InChI=1S/C10H17N7O/c1-10(2,3)17-9(12-13-15-17)6-16-5-8(7-18-4)11-14-16/h5H,6-7H2,1-4H3. The minimum atomic E-state index is -0.158. The maximum absolute atomic E-state index is 4.99. The van der Waals surface area contributed by atoms with Crippen LogP contribution in [0.15, 0.2) is 6.20 Å². The fourth-order valence-corrected chi connectivity index (χ4v) is 1.60. The number of hydrogen-bond acceptors (Lipinski definition) is 6. The monoisotopic (exact) mass is 251 g/mol. The van der Waals surface area contributed by atoms with Crippen molar-refractivity contribution in [3.63, 3.8) is 0 Å². The summed E-state index contributed by atoms with van der Waals surface area (Å²) in [6, 6.07) is 0. The zero-order valence-corrected chi connectivity index (χ0v) is 11.0. The predicted molar refractivity (Wildman–Crippen MR) is 62.7 cm³/mol. The number of ether oxygens (including phenoxy) is 1. The molecule has 0 amide bonds. The Kier molecular flexibility index (Phi) is 3.37. The SMILES string of the molecule is COCc1cn(Cc2nnnn2C(C)(C)C)nn1. The smallest absolute Gasteiger partial charge is 0.173 e. The van der Waals surface area contributed by atoms with Crippen molar-refractivity contribution in [2.24, 2.45) is 0 Å². The Bertz CT molecular complexity index is 510. The average Bonchev–Trinajstić information content (AvgIpc) is 2.88. The quantitative estimate of drug-likeness (QED) is 0.772. The van der Waals surface area contributed by atoms with Crippen LogP contribution in [0.4, 0.5) is 0 Å². The van der Waals surface area contributed by atoms with Crippen LogP contribution in [-0.4, -0.2) is 42.3 Å². The Labute approximate surface area is 105 Å². The largest absolute Gasteiger partial charge is 0.378 e. The molecular formula is C10H17N7O. The lowest BCUT2D eigenvalue weighted by atomic mass is 10.1. The molecule has 0 saturated carbocycles. The van der Waals surface area contributed by atoms with E-state index in [0.29, 0.717) is 13.2 Å². The van der Waals surface area contributed by atoms with Gasteiger partial charge in [0, 0.05) is 7.11 Å². The number of aromatic nitrogens is 7. The second-order valence-corrected chi connectivity index (χ2v) is 5.02. The van der Waals surface area contributed by atoms with Crippen LogP contribution in [0.25, 0.3) is 0 Å². The molecule has 8 nitrogen and oxygen atoms in total. The first-order chi connectivity index (χ1) is 8.50. The summed E-state index contributed by atoms with van der Waals surface area (Å²) in [4.78, 5) is 0. The van der Waals surface area contributed by atoms with Gasteiger partial charge in [0.1, 0.15) is 12.2 Å². The van der Waals surface area contributed by atoms with Crippen LogP contribution < -0.4 is 0 Å². The maximum atomic E-state index is 4.99. The first-order valence-electron chi connectivity index (χ1n) is 5.66. The number of nitrogens with zero attached hydrogens (tertiary/aromatic N) is 7. The normalized spacial score (nSPS) is 12.0. The topological polar surface area (TPSA) is 83.5 Å². The van der Waals surface area contributed by atoms with Crippen molar-refractivity contribution >= 4 is 0 Å². The van der Waals surface area contributed by atoms with Crippen LogP contribution in [0.2, 0.25) is 0 Å². The third kappa shape index (κ3) is 2.70. The third-order valence-corrected chi connectivity index (χ3v) is 2.35. The molecule has 18 heavy (non-hydrogen) atoms. The first-order valence-corrected chi connectivity index (χ1v) is 5.66. The van der Waals surface area contributed by atoms with Crippen LogP contribution in [0.5, 0.6) is 0 Å². The summed E-state index contributed by atoms with van der Waals surface area (Å²) in [6.07, 6.45) is 1.82. The maximum Gasteiger partial charge on any atom is 0.173 e. The Morgan fingerprint density at radius 1 is 1.22 bits per heavy atom. The molecule has 0 aliphatic rings. The van der Waals surface area contributed by atoms with Crippen LogP contribution >= 0.6 is 0 Å². The summed E-state index contributed by atoms with van der Waals surface area (Å²) in [5.74, 6) is 0.747. The van der Waals surface area contributed by atoms with Gasteiger partial charge in [-0.2, -0.15) is 0 Å². The van der Waals surface area contributed by atoms with Gasteiger partial charge in [-0.25, -0.2) is 9.36 Å². The molecule has 2 aromatic rings. The van der Waals surface area contributed by atoms with Gasteiger partial charge in [0.25, 0.3) is 0 Å². The molecule has 2 heterocycles. The molecule has 8 heteroatoms. The van der Waals surface area contributed by atoms with Gasteiger partial charge in [-0.3, -0.25) is 0 Å². The zero-order valence-electron chi connectivity index (χ0n) is 11.0. The fourth-order valence-electron chi connectivity index (χ4n) is 1.60. The summed E-state index contributed by atoms with van der Waals surface area (Å²) in [6.45, 7) is 7.07. The van der Waals surface area contributed by atoms with E-state index >= 15 is 0 Å². The Morgan fingerprint density at radius 2 is 2.00 bits per heavy atom. The third-order valence-electron chi connectivity index (χ3n) is 2.35. The molecule has 0 saturated heterocycles.